The molecule has 0 saturated carbocycles. The van der Waals surface area contributed by atoms with Crippen LogP contribution in [0.15, 0.2) is 41.6 Å². The molecule has 0 amide bonds. The van der Waals surface area contributed by atoms with Crippen LogP contribution in [0.2, 0.25) is 10.0 Å². The maximum absolute atomic E-state index is 12.2. The van der Waals surface area contributed by atoms with E-state index in [1.54, 1.807) is 24.3 Å². The van der Waals surface area contributed by atoms with Gasteiger partial charge < -0.3 is 9.94 Å². The van der Waals surface area contributed by atoms with Gasteiger partial charge in [0.15, 0.2) is 0 Å². The first-order valence-corrected chi connectivity index (χ1v) is 8.25. The highest BCUT2D eigenvalue weighted by Crippen LogP contribution is 2.29. The molecule has 0 radical (unpaired) electrons. The average Bonchev–Trinajstić information content (AvgIpc) is 2.51. The average molecular weight is 364 g/mol. The van der Waals surface area contributed by atoms with Crippen molar-refractivity contribution in [1.82, 2.24) is 0 Å². The SMILES string of the molecule is CC1C/C(=N\OC(=O)c2ccc(Cl)cc2Cl)c2ccc(O)cc2C1. The van der Waals surface area contributed by atoms with Gasteiger partial charge in [0.1, 0.15) is 5.75 Å². The number of carbonyl (C=O) groups excluding carboxylic acids is 1. The largest absolute Gasteiger partial charge is 0.508 e. The zero-order valence-electron chi connectivity index (χ0n) is 12.9. The molecule has 1 aliphatic carbocycles. The quantitative estimate of drug-likeness (QED) is 0.613. The first-order valence-electron chi connectivity index (χ1n) is 7.49. The number of hydrogen-bond acceptors (Lipinski definition) is 4. The Hall–Kier alpha value is -2.04. The van der Waals surface area contributed by atoms with Crippen LogP contribution < -0.4 is 0 Å². The van der Waals surface area contributed by atoms with Crippen molar-refractivity contribution < 1.29 is 14.7 Å². The minimum absolute atomic E-state index is 0.209. The van der Waals surface area contributed by atoms with Crippen molar-refractivity contribution in [1.29, 1.82) is 0 Å². The molecule has 0 saturated heterocycles. The van der Waals surface area contributed by atoms with Gasteiger partial charge in [-0.25, -0.2) is 4.79 Å². The van der Waals surface area contributed by atoms with Crippen LogP contribution in [-0.4, -0.2) is 16.8 Å². The molecule has 0 fully saturated rings. The lowest BCUT2D eigenvalue weighted by Crippen LogP contribution is -2.19. The summed E-state index contributed by atoms with van der Waals surface area (Å²) in [5, 5.41) is 14.3. The van der Waals surface area contributed by atoms with Crippen molar-refractivity contribution in [3.8, 4) is 5.75 Å². The van der Waals surface area contributed by atoms with Gasteiger partial charge in [0, 0.05) is 10.6 Å². The number of oxime groups is 1. The van der Waals surface area contributed by atoms with Crippen LogP contribution in [-0.2, 0) is 11.3 Å². The van der Waals surface area contributed by atoms with Crippen molar-refractivity contribution in [2.45, 2.75) is 19.8 Å². The van der Waals surface area contributed by atoms with E-state index < -0.39 is 5.97 Å². The summed E-state index contributed by atoms with van der Waals surface area (Å²) in [7, 11) is 0. The Morgan fingerprint density at radius 3 is 2.75 bits per heavy atom. The second kappa shape index (κ2) is 6.83. The van der Waals surface area contributed by atoms with Gasteiger partial charge in [0.05, 0.1) is 16.3 Å². The molecule has 0 spiro atoms. The standard InChI is InChI=1S/C18H15Cl2NO3/c1-10-6-11-8-13(22)3-5-14(11)17(7-10)21-24-18(23)15-4-2-12(19)9-16(15)20/h2-5,8-10,22H,6-7H2,1H3/b21-17+. The minimum atomic E-state index is -0.636. The molecule has 1 N–H and O–H groups in total. The minimum Gasteiger partial charge on any atom is -0.508 e. The van der Waals surface area contributed by atoms with Gasteiger partial charge in [0.25, 0.3) is 0 Å². The van der Waals surface area contributed by atoms with Crippen LogP contribution in [0.3, 0.4) is 0 Å². The lowest BCUT2D eigenvalue weighted by molar-refractivity contribution is 0.0515. The third kappa shape index (κ3) is 3.55. The summed E-state index contributed by atoms with van der Waals surface area (Å²) >= 11 is 11.8. The second-order valence-corrected chi connectivity index (χ2v) is 6.74. The highest BCUT2D eigenvalue weighted by molar-refractivity contribution is 6.36. The predicted octanol–water partition coefficient (Wildman–Crippen LogP) is 4.84. The van der Waals surface area contributed by atoms with Crippen molar-refractivity contribution in [2.75, 3.05) is 0 Å². The van der Waals surface area contributed by atoms with Crippen molar-refractivity contribution in [3.63, 3.8) is 0 Å². The Morgan fingerprint density at radius 2 is 2.00 bits per heavy atom. The van der Waals surface area contributed by atoms with Crippen LogP contribution in [0.4, 0.5) is 0 Å². The van der Waals surface area contributed by atoms with E-state index >= 15 is 0 Å². The fraction of sp³-hybridized carbons (Fsp3) is 0.222. The van der Waals surface area contributed by atoms with E-state index in [0.29, 0.717) is 23.1 Å². The molecule has 3 rings (SSSR count). The summed E-state index contributed by atoms with van der Waals surface area (Å²) in [5.74, 6) is -0.0780. The molecule has 0 heterocycles. The van der Waals surface area contributed by atoms with E-state index in [1.807, 2.05) is 0 Å². The summed E-state index contributed by atoms with van der Waals surface area (Å²) in [4.78, 5) is 17.3. The van der Waals surface area contributed by atoms with E-state index in [4.69, 9.17) is 28.0 Å². The molecule has 1 atom stereocenters. The first-order chi connectivity index (χ1) is 11.4. The van der Waals surface area contributed by atoms with Gasteiger partial charge >= 0.3 is 5.97 Å². The van der Waals surface area contributed by atoms with E-state index in [9.17, 15) is 9.90 Å². The number of nitrogens with zero attached hydrogens (tertiary/aromatic N) is 1. The van der Waals surface area contributed by atoms with Gasteiger partial charge in [0.2, 0.25) is 0 Å². The molecular formula is C18H15Cl2NO3. The Balaban J connectivity index is 1.85. The van der Waals surface area contributed by atoms with Crippen LogP contribution in [0, 0.1) is 5.92 Å². The summed E-state index contributed by atoms with van der Waals surface area (Å²) in [6, 6.07) is 9.66. The van der Waals surface area contributed by atoms with Crippen LogP contribution >= 0.6 is 23.2 Å². The Labute approximate surface area is 149 Å². The van der Waals surface area contributed by atoms with E-state index in [2.05, 4.69) is 12.1 Å². The lowest BCUT2D eigenvalue weighted by atomic mass is 9.83. The predicted molar refractivity (Wildman–Crippen MR) is 94.0 cm³/mol. The fourth-order valence-electron chi connectivity index (χ4n) is 2.81. The van der Waals surface area contributed by atoms with Crippen LogP contribution in [0.1, 0.15) is 34.8 Å². The number of rotatable bonds is 2. The maximum atomic E-state index is 12.2. The normalized spacial score (nSPS) is 18.3. The van der Waals surface area contributed by atoms with Crippen LogP contribution in [0.5, 0.6) is 5.75 Å². The third-order valence-electron chi connectivity index (χ3n) is 3.90. The Bertz CT molecular complexity index is 833. The zero-order valence-corrected chi connectivity index (χ0v) is 14.4. The molecule has 124 valence electrons. The first kappa shape index (κ1) is 16.8. The number of phenols is 1. The highest BCUT2D eigenvalue weighted by atomic mass is 35.5. The second-order valence-electron chi connectivity index (χ2n) is 5.90. The summed E-state index contributed by atoms with van der Waals surface area (Å²) in [6.45, 7) is 2.08. The smallest absolute Gasteiger partial charge is 0.367 e. The molecule has 6 heteroatoms. The van der Waals surface area contributed by atoms with Gasteiger partial charge in [-0.1, -0.05) is 35.3 Å². The summed E-state index contributed by atoms with van der Waals surface area (Å²) in [6.07, 6.45) is 1.54. The number of hydrogen-bond donors (Lipinski definition) is 1. The number of phenolic OH excluding ortho intramolecular Hbond substituents is 1. The number of fused-ring (bicyclic) bond motifs is 1. The van der Waals surface area contributed by atoms with Crippen molar-refractivity contribution >= 4 is 34.9 Å². The molecule has 1 unspecified atom stereocenters. The van der Waals surface area contributed by atoms with Gasteiger partial charge in [-0.05, 0) is 60.7 Å². The van der Waals surface area contributed by atoms with Gasteiger partial charge in [-0.2, -0.15) is 0 Å². The lowest BCUT2D eigenvalue weighted by Gasteiger charge is -2.22. The third-order valence-corrected chi connectivity index (χ3v) is 4.45. The molecular weight excluding hydrogens is 349 g/mol. The number of carbonyl (C=O) groups is 1. The van der Waals surface area contributed by atoms with Crippen LogP contribution in [0.25, 0.3) is 0 Å². The molecule has 0 bridgehead atoms. The molecule has 4 nitrogen and oxygen atoms in total. The maximum Gasteiger partial charge on any atom is 0.367 e. The Morgan fingerprint density at radius 1 is 1.21 bits per heavy atom. The molecule has 24 heavy (non-hydrogen) atoms. The molecule has 2 aromatic carbocycles. The molecule has 1 aliphatic rings. The van der Waals surface area contributed by atoms with Gasteiger partial charge in [-0.3, -0.25) is 0 Å². The number of aromatic hydroxyl groups is 1. The monoisotopic (exact) mass is 363 g/mol. The molecule has 0 aromatic heterocycles. The highest BCUT2D eigenvalue weighted by Gasteiger charge is 2.22. The Kier molecular flexibility index (Phi) is 4.78. The van der Waals surface area contributed by atoms with E-state index in [0.717, 1.165) is 17.5 Å². The topological polar surface area (TPSA) is 58.9 Å². The fourth-order valence-corrected chi connectivity index (χ4v) is 3.29. The summed E-state index contributed by atoms with van der Waals surface area (Å²) in [5.41, 5.74) is 2.77. The van der Waals surface area contributed by atoms with Gasteiger partial charge in [-0.15, -0.1) is 0 Å². The number of benzene rings is 2. The summed E-state index contributed by atoms with van der Waals surface area (Å²) < 4.78 is 0. The van der Waals surface area contributed by atoms with E-state index in [1.165, 1.54) is 12.1 Å². The van der Waals surface area contributed by atoms with E-state index in [-0.39, 0.29) is 16.3 Å². The number of halogens is 2. The zero-order chi connectivity index (χ0) is 17.3. The molecule has 2 aromatic rings. The van der Waals surface area contributed by atoms with Crippen molar-refractivity contribution in [3.05, 3.63) is 63.1 Å². The van der Waals surface area contributed by atoms with Crippen molar-refractivity contribution in [2.24, 2.45) is 11.1 Å². The molecule has 0 aliphatic heterocycles.